The molecule has 2 heterocycles. The van der Waals surface area contributed by atoms with Gasteiger partial charge < -0.3 is 9.88 Å². The number of hydrogen-bond acceptors (Lipinski definition) is 2. The van der Waals surface area contributed by atoms with Gasteiger partial charge in [0.1, 0.15) is 5.82 Å². The molecule has 0 aliphatic rings. The van der Waals surface area contributed by atoms with Gasteiger partial charge >= 0.3 is 0 Å². The van der Waals surface area contributed by atoms with Gasteiger partial charge in [-0.2, -0.15) is 0 Å². The predicted octanol–water partition coefficient (Wildman–Crippen LogP) is 4.24. The lowest BCUT2D eigenvalue weighted by atomic mass is 10.1. The van der Waals surface area contributed by atoms with Crippen molar-refractivity contribution in [1.29, 1.82) is 0 Å². The quantitative estimate of drug-likeness (QED) is 0.698. The third kappa shape index (κ3) is 5.01. The van der Waals surface area contributed by atoms with Crippen LogP contribution >= 0.6 is 0 Å². The van der Waals surface area contributed by atoms with Crippen molar-refractivity contribution >= 4 is 0 Å². The normalized spacial score (nSPS) is 11.0. The second-order valence-corrected chi connectivity index (χ2v) is 5.60. The van der Waals surface area contributed by atoms with Crippen molar-refractivity contribution in [2.24, 2.45) is 0 Å². The Bertz CT molecular complexity index is 531. The van der Waals surface area contributed by atoms with Gasteiger partial charge in [-0.15, -0.1) is 0 Å². The molecular weight excluding hydrogens is 258 g/mol. The lowest BCUT2D eigenvalue weighted by molar-refractivity contribution is 0.577. The van der Waals surface area contributed by atoms with E-state index in [0.717, 1.165) is 24.6 Å². The highest BCUT2D eigenvalue weighted by molar-refractivity contribution is 5.29. The number of unbranched alkanes of at least 4 members (excludes halogenated alkanes) is 4. The van der Waals surface area contributed by atoms with Crippen LogP contribution in [0.4, 0.5) is 0 Å². The summed E-state index contributed by atoms with van der Waals surface area (Å²) in [6.45, 7) is 6.28. The molecule has 2 rings (SSSR count). The Kier molecular flexibility index (Phi) is 6.48. The standard InChI is InChI=1S/C18H27N3/c1-3-4-5-6-7-13-19-15-17-11-9-14-21(17)18-12-8-10-16(2)20-18/h8-12,14,19H,3-7,13,15H2,1-2H3. The van der Waals surface area contributed by atoms with Crippen LogP contribution in [0.2, 0.25) is 0 Å². The first kappa shape index (κ1) is 15.8. The molecule has 0 amide bonds. The largest absolute Gasteiger partial charge is 0.311 e. The van der Waals surface area contributed by atoms with E-state index in [1.807, 2.05) is 13.0 Å². The van der Waals surface area contributed by atoms with Crippen molar-refractivity contribution in [1.82, 2.24) is 14.9 Å². The fourth-order valence-electron chi connectivity index (χ4n) is 2.52. The summed E-state index contributed by atoms with van der Waals surface area (Å²) in [4.78, 5) is 4.59. The average molecular weight is 285 g/mol. The van der Waals surface area contributed by atoms with Gasteiger partial charge in [0.15, 0.2) is 0 Å². The minimum absolute atomic E-state index is 0.899. The Balaban J connectivity index is 1.81. The molecule has 3 nitrogen and oxygen atoms in total. The van der Waals surface area contributed by atoms with Gasteiger partial charge in [0.25, 0.3) is 0 Å². The summed E-state index contributed by atoms with van der Waals surface area (Å²) in [5.74, 6) is 1.000. The topological polar surface area (TPSA) is 29.9 Å². The molecule has 0 spiro atoms. The highest BCUT2D eigenvalue weighted by Gasteiger charge is 2.04. The Hall–Kier alpha value is -1.61. The fourth-order valence-corrected chi connectivity index (χ4v) is 2.52. The molecule has 1 N–H and O–H groups in total. The summed E-state index contributed by atoms with van der Waals surface area (Å²) in [6.07, 6.45) is 8.72. The smallest absolute Gasteiger partial charge is 0.137 e. The summed E-state index contributed by atoms with van der Waals surface area (Å²) in [6, 6.07) is 10.4. The number of nitrogens with one attached hydrogen (secondary N) is 1. The third-order valence-corrected chi connectivity index (χ3v) is 3.72. The van der Waals surface area contributed by atoms with Gasteiger partial charge in [-0.3, -0.25) is 0 Å². The molecule has 0 aliphatic heterocycles. The monoisotopic (exact) mass is 285 g/mol. The first-order valence-corrected chi connectivity index (χ1v) is 8.12. The zero-order valence-electron chi connectivity index (χ0n) is 13.3. The molecule has 21 heavy (non-hydrogen) atoms. The Morgan fingerprint density at radius 3 is 2.71 bits per heavy atom. The molecule has 2 aromatic heterocycles. The molecule has 0 saturated heterocycles. The number of aryl methyl sites for hydroxylation is 1. The van der Waals surface area contributed by atoms with E-state index in [2.05, 4.69) is 52.3 Å². The summed E-state index contributed by atoms with van der Waals surface area (Å²) >= 11 is 0. The van der Waals surface area contributed by atoms with Crippen molar-refractivity contribution < 1.29 is 0 Å². The summed E-state index contributed by atoms with van der Waals surface area (Å²) in [5, 5.41) is 3.54. The van der Waals surface area contributed by atoms with Crippen molar-refractivity contribution in [2.45, 2.75) is 52.5 Å². The summed E-state index contributed by atoms with van der Waals surface area (Å²) in [5.41, 5.74) is 2.32. The van der Waals surface area contributed by atoms with Crippen LogP contribution in [0.25, 0.3) is 5.82 Å². The van der Waals surface area contributed by atoms with Crippen molar-refractivity contribution in [3.63, 3.8) is 0 Å². The number of rotatable bonds is 9. The Morgan fingerprint density at radius 1 is 1.05 bits per heavy atom. The van der Waals surface area contributed by atoms with Crippen LogP contribution < -0.4 is 5.32 Å². The van der Waals surface area contributed by atoms with Crippen molar-refractivity contribution in [2.75, 3.05) is 6.54 Å². The number of nitrogens with zero attached hydrogens (tertiary/aromatic N) is 2. The van der Waals surface area contributed by atoms with E-state index < -0.39 is 0 Å². The predicted molar refractivity (Wildman–Crippen MR) is 88.8 cm³/mol. The minimum atomic E-state index is 0.899. The van der Waals surface area contributed by atoms with Crippen LogP contribution in [-0.2, 0) is 6.54 Å². The maximum atomic E-state index is 4.59. The lowest BCUT2D eigenvalue weighted by Gasteiger charge is -2.10. The molecule has 0 aliphatic carbocycles. The Labute approximate surface area is 128 Å². The summed E-state index contributed by atoms with van der Waals surface area (Å²) < 4.78 is 2.16. The van der Waals surface area contributed by atoms with Gasteiger partial charge in [-0.1, -0.05) is 38.7 Å². The first-order chi connectivity index (χ1) is 10.3. The lowest BCUT2D eigenvalue weighted by Crippen LogP contribution is -2.17. The molecule has 114 valence electrons. The molecule has 0 atom stereocenters. The first-order valence-electron chi connectivity index (χ1n) is 8.12. The van der Waals surface area contributed by atoms with Crippen LogP contribution in [0.15, 0.2) is 36.5 Å². The van der Waals surface area contributed by atoms with Crippen LogP contribution in [0.3, 0.4) is 0 Å². The van der Waals surface area contributed by atoms with Gasteiger partial charge in [-0.05, 0) is 44.2 Å². The van der Waals surface area contributed by atoms with E-state index in [-0.39, 0.29) is 0 Å². The Morgan fingerprint density at radius 2 is 1.90 bits per heavy atom. The highest BCUT2D eigenvalue weighted by Crippen LogP contribution is 2.11. The van der Waals surface area contributed by atoms with E-state index in [4.69, 9.17) is 0 Å². The summed E-state index contributed by atoms with van der Waals surface area (Å²) in [7, 11) is 0. The van der Waals surface area contributed by atoms with Crippen molar-refractivity contribution in [3.05, 3.63) is 47.9 Å². The zero-order chi connectivity index (χ0) is 14.9. The van der Waals surface area contributed by atoms with E-state index >= 15 is 0 Å². The SMILES string of the molecule is CCCCCCCNCc1cccn1-c1cccc(C)n1. The number of pyridine rings is 1. The van der Waals surface area contributed by atoms with Gasteiger partial charge in [0.2, 0.25) is 0 Å². The minimum Gasteiger partial charge on any atom is -0.311 e. The second-order valence-electron chi connectivity index (χ2n) is 5.60. The molecule has 0 aromatic carbocycles. The van der Waals surface area contributed by atoms with Crippen LogP contribution in [-0.4, -0.2) is 16.1 Å². The third-order valence-electron chi connectivity index (χ3n) is 3.72. The van der Waals surface area contributed by atoms with Crippen molar-refractivity contribution in [3.8, 4) is 5.82 Å². The molecule has 0 saturated carbocycles. The zero-order valence-corrected chi connectivity index (χ0v) is 13.3. The van der Waals surface area contributed by atoms with Gasteiger partial charge in [0, 0.05) is 24.1 Å². The molecule has 0 unspecified atom stereocenters. The second kappa shape index (κ2) is 8.63. The number of aromatic nitrogens is 2. The van der Waals surface area contributed by atoms with Gasteiger partial charge in [0.05, 0.1) is 0 Å². The molecule has 0 bridgehead atoms. The maximum Gasteiger partial charge on any atom is 0.137 e. The fraction of sp³-hybridized carbons (Fsp3) is 0.500. The maximum absolute atomic E-state index is 4.59. The average Bonchev–Trinajstić information content (AvgIpc) is 2.95. The molecule has 0 fully saturated rings. The van der Waals surface area contributed by atoms with Gasteiger partial charge in [-0.25, -0.2) is 4.98 Å². The van der Waals surface area contributed by atoms with E-state index in [1.165, 1.54) is 37.8 Å². The molecular formula is C18H27N3. The van der Waals surface area contributed by atoms with E-state index in [1.54, 1.807) is 0 Å². The van der Waals surface area contributed by atoms with E-state index in [0.29, 0.717) is 0 Å². The van der Waals surface area contributed by atoms with Crippen LogP contribution in [0.1, 0.15) is 50.4 Å². The van der Waals surface area contributed by atoms with E-state index in [9.17, 15) is 0 Å². The van der Waals surface area contributed by atoms with Crippen LogP contribution in [0.5, 0.6) is 0 Å². The highest BCUT2D eigenvalue weighted by atomic mass is 15.1. The molecule has 0 radical (unpaired) electrons. The van der Waals surface area contributed by atoms with Crippen LogP contribution in [0, 0.1) is 6.92 Å². The molecule has 3 heteroatoms. The molecule has 2 aromatic rings. The number of hydrogen-bond donors (Lipinski definition) is 1.